The molecule has 3 N–H and O–H groups in total. The first kappa shape index (κ1) is 24.4. The van der Waals surface area contributed by atoms with Gasteiger partial charge in [0.05, 0.1) is 36.1 Å². The summed E-state index contributed by atoms with van der Waals surface area (Å²) in [6, 6.07) is 13.2. The van der Waals surface area contributed by atoms with E-state index in [9.17, 15) is 15.3 Å². The van der Waals surface area contributed by atoms with Gasteiger partial charge in [-0.2, -0.15) is 0 Å². The Labute approximate surface area is 191 Å². The number of aliphatic hydroxyl groups is 2. The molecule has 0 radical (unpaired) electrons. The van der Waals surface area contributed by atoms with Crippen molar-refractivity contribution < 1.29 is 24.8 Å². The monoisotopic (exact) mass is 524 g/mol. The first-order chi connectivity index (χ1) is 14.4. The van der Waals surface area contributed by atoms with Crippen LogP contribution in [0.1, 0.15) is 43.4 Å². The van der Waals surface area contributed by atoms with Crippen molar-refractivity contribution in [2.75, 3.05) is 13.7 Å². The van der Waals surface area contributed by atoms with E-state index in [1.165, 1.54) is 7.11 Å². The number of phenolic OH excluding ortho intramolecular Hbond substituents is 1. The van der Waals surface area contributed by atoms with Crippen molar-refractivity contribution in [1.82, 2.24) is 0 Å². The van der Waals surface area contributed by atoms with Crippen LogP contribution in [0.5, 0.6) is 11.5 Å². The summed E-state index contributed by atoms with van der Waals surface area (Å²) in [5.74, 6) is 0.407. The van der Waals surface area contributed by atoms with Crippen molar-refractivity contribution >= 4 is 22.6 Å². The van der Waals surface area contributed by atoms with Crippen LogP contribution in [0.2, 0.25) is 0 Å². The second-order valence-corrected chi connectivity index (χ2v) is 8.13. The smallest absolute Gasteiger partial charge is 0.171 e. The SMILES string of the molecule is CCC(=C=CC[C@@H](O)c1cc(I)c(O)c(OC)c1)C[C@@H](O)COCc1ccccc1. The summed E-state index contributed by atoms with van der Waals surface area (Å²) in [4.78, 5) is 0. The van der Waals surface area contributed by atoms with Crippen molar-refractivity contribution in [3.8, 4) is 11.5 Å². The molecule has 2 aromatic carbocycles. The quantitative estimate of drug-likeness (QED) is 0.288. The maximum absolute atomic E-state index is 10.5. The molecule has 0 aromatic heterocycles. The Morgan fingerprint density at radius 2 is 1.93 bits per heavy atom. The molecule has 30 heavy (non-hydrogen) atoms. The summed E-state index contributed by atoms with van der Waals surface area (Å²) in [6.07, 6.45) is 2.05. The highest BCUT2D eigenvalue weighted by atomic mass is 127. The van der Waals surface area contributed by atoms with Crippen LogP contribution in [0.25, 0.3) is 0 Å². The minimum Gasteiger partial charge on any atom is -0.504 e. The standard InChI is InChI=1S/C24H29IO5/c1-3-17(12-20(26)16-30-15-18-8-5-4-6-9-18)10-7-11-22(27)19-13-21(25)24(28)23(14-19)29-2/h4-9,13-14,20,22,26-28H,3,11-12,15-16H2,1-2H3/t10?,20-,22-/m1/s1. The number of hydrogen-bond donors (Lipinski definition) is 3. The van der Waals surface area contributed by atoms with Crippen LogP contribution in [0.15, 0.2) is 59.8 Å². The maximum Gasteiger partial charge on any atom is 0.171 e. The van der Waals surface area contributed by atoms with E-state index in [2.05, 4.69) is 5.73 Å². The molecule has 2 atom stereocenters. The van der Waals surface area contributed by atoms with Gasteiger partial charge < -0.3 is 24.8 Å². The predicted molar refractivity (Wildman–Crippen MR) is 126 cm³/mol. The van der Waals surface area contributed by atoms with E-state index in [0.29, 0.717) is 34.3 Å². The van der Waals surface area contributed by atoms with E-state index < -0.39 is 12.2 Å². The lowest BCUT2D eigenvalue weighted by molar-refractivity contribution is 0.0286. The van der Waals surface area contributed by atoms with Gasteiger partial charge in [0.15, 0.2) is 11.5 Å². The van der Waals surface area contributed by atoms with Crippen LogP contribution >= 0.6 is 22.6 Å². The van der Waals surface area contributed by atoms with Crippen molar-refractivity contribution in [3.63, 3.8) is 0 Å². The van der Waals surface area contributed by atoms with Gasteiger partial charge in [0.2, 0.25) is 0 Å². The van der Waals surface area contributed by atoms with Gasteiger partial charge in [-0.3, -0.25) is 0 Å². The first-order valence-corrected chi connectivity index (χ1v) is 11.0. The summed E-state index contributed by atoms with van der Waals surface area (Å²) in [6.45, 7) is 2.74. The van der Waals surface area contributed by atoms with Crippen LogP contribution in [0.4, 0.5) is 0 Å². The van der Waals surface area contributed by atoms with Crippen LogP contribution < -0.4 is 4.74 Å². The molecular formula is C24H29IO5. The average Bonchev–Trinajstić information content (AvgIpc) is 2.75. The predicted octanol–water partition coefficient (Wildman–Crippen LogP) is 4.89. The number of phenols is 1. The number of halogens is 1. The van der Waals surface area contributed by atoms with Crippen molar-refractivity contribution in [2.24, 2.45) is 0 Å². The van der Waals surface area contributed by atoms with E-state index in [1.54, 1.807) is 18.2 Å². The van der Waals surface area contributed by atoms with Crippen molar-refractivity contribution in [3.05, 3.63) is 74.5 Å². The summed E-state index contributed by atoms with van der Waals surface area (Å²) < 4.78 is 11.4. The number of aromatic hydroxyl groups is 1. The summed E-state index contributed by atoms with van der Waals surface area (Å²) in [5, 5.41) is 30.6. The van der Waals surface area contributed by atoms with Gasteiger partial charge in [0, 0.05) is 12.8 Å². The number of aliphatic hydroxyl groups excluding tert-OH is 2. The molecule has 0 aliphatic carbocycles. The van der Waals surface area contributed by atoms with E-state index >= 15 is 0 Å². The summed E-state index contributed by atoms with van der Waals surface area (Å²) in [7, 11) is 1.48. The number of rotatable bonds is 11. The minimum absolute atomic E-state index is 0.0706. The number of hydrogen-bond acceptors (Lipinski definition) is 5. The molecule has 0 heterocycles. The van der Waals surface area contributed by atoms with Gasteiger partial charge in [-0.25, -0.2) is 0 Å². The molecule has 0 bridgehead atoms. The van der Waals surface area contributed by atoms with Crippen LogP contribution in [-0.2, 0) is 11.3 Å². The van der Waals surface area contributed by atoms with E-state index in [4.69, 9.17) is 9.47 Å². The average molecular weight is 524 g/mol. The molecule has 5 nitrogen and oxygen atoms in total. The highest BCUT2D eigenvalue weighted by Crippen LogP contribution is 2.35. The summed E-state index contributed by atoms with van der Waals surface area (Å²) in [5.41, 5.74) is 5.91. The molecule has 0 aliphatic rings. The Balaban J connectivity index is 1.89. The molecular weight excluding hydrogens is 495 g/mol. The molecule has 0 fully saturated rings. The topological polar surface area (TPSA) is 79.2 Å². The second-order valence-electron chi connectivity index (χ2n) is 6.97. The molecule has 0 saturated heterocycles. The third kappa shape index (κ3) is 7.78. The molecule has 0 saturated carbocycles. The fourth-order valence-electron chi connectivity index (χ4n) is 2.93. The lowest BCUT2D eigenvalue weighted by atomic mass is 10.0. The van der Waals surface area contributed by atoms with Gasteiger partial charge in [-0.05, 0) is 63.9 Å². The van der Waals surface area contributed by atoms with Gasteiger partial charge in [0.25, 0.3) is 0 Å². The lowest BCUT2D eigenvalue weighted by Gasteiger charge is -2.13. The van der Waals surface area contributed by atoms with E-state index in [1.807, 2.05) is 59.8 Å². The molecule has 162 valence electrons. The van der Waals surface area contributed by atoms with Crippen molar-refractivity contribution in [1.29, 1.82) is 0 Å². The molecule has 0 unspecified atom stereocenters. The molecule has 0 amide bonds. The second kappa shape index (κ2) is 12.8. The minimum atomic E-state index is -0.738. The Bertz CT molecular complexity index is 859. The molecule has 0 spiro atoms. The van der Waals surface area contributed by atoms with Gasteiger partial charge >= 0.3 is 0 Å². The summed E-state index contributed by atoms with van der Waals surface area (Å²) >= 11 is 2.00. The highest BCUT2D eigenvalue weighted by Gasteiger charge is 2.13. The molecule has 2 rings (SSSR count). The molecule has 0 aliphatic heterocycles. The van der Waals surface area contributed by atoms with E-state index in [-0.39, 0.29) is 12.4 Å². The zero-order valence-electron chi connectivity index (χ0n) is 17.3. The van der Waals surface area contributed by atoms with Crippen LogP contribution in [0.3, 0.4) is 0 Å². The lowest BCUT2D eigenvalue weighted by Crippen LogP contribution is -2.15. The van der Waals surface area contributed by atoms with Crippen molar-refractivity contribution in [2.45, 2.75) is 45.0 Å². The third-order valence-corrected chi connectivity index (χ3v) is 5.46. The van der Waals surface area contributed by atoms with E-state index in [0.717, 1.165) is 17.6 Å². The zero-order chi connectivity index (χ0) is 21.9. The highest BCUT2D eigenvalue weighted by molar-refractivity contribution is 14.1. The maximum atomic E-state index is 10.5. The number of ether oxygens (including phenoxy) is 2. The Hall–Kier alpha value is -1.83. The normalized spacial score (nSPS) is 12.7. The number of methoxy groups -OCH3 is 1. The largest absolute Gasteiger partial charge is 0.504 e. The zero-order valence-corrected chi connectivity index (χ0v) is 19.5. The molecule has 2 aromatic rings. The number of benzene rings is 2. The molecule has 6 heteroatoms. The van der Waals surface area contributed by atoms with Crippen LogP contribution in [-0.4, -0.2) is 35.1 Å². The van der Waals surface area contributed by atoms with Gasteiger partial charge in [-0.1, -0.05) is 37.3 Å². The first-order valence-electron chi connectivity index (χ1n) is 9.91. The Kier molecular flexibility index (Phi) is 10.4. The fourth-order valence-corrected chi connectivity index (χ4v) is 3.55. The Morgan fingerprint density at radius 1 is 1.20 bits per heavy atom. The van der Waals surface area contributed by atoms with Gasteiger partial charge in [0.1, 0.15) is 0 Å². The fraction of sp³-hybridized carbons (Fsp3) is 0.375. The van der Waals surface area contributed by atoms with Crippen LogP contribution in [0, 0.1) is 3.57 Å². The van der Waals surface area contributed by atoms with Gasteiger partial charge in [-0.15, -0.1) is 5.73 Å². The Morgan fingerprint density at radius 3 is 2.60 bits per heavy atom. The third-order valence-electron chi connectivity index (χ3n) is 4.63.